The van der Waals surface area contributed by atoms with Crippen molar-refractivity contribution in [2.24, 2.45) is 0 Å². The van der Waals surface area contributed by atoms with Gasteiger partial charge in [0.2, 0.25) is 0 Å². The van der Waals surface area contributed by atoms with Crippen LogP contribution in [0.4, 0.5) is 11.5 Å². The molecule has 0 spiro atoms. The maximum absolute atomic E-state index is 6.03. The first-order valence-corrected chi connectivity index (χ1v) is 11.7. The number of pyridine rings is 1. The van der Waals surface area contributed by atoms with E-state index in [1.165, 1.54) is 63.0 Å². The van der Waals surface area contributed by atoms with Crippen molar-refractivity contribution in [3.8, 4) is 0 Å². The second-order valence-corrected chi connectivity index (χ2v) is 8.94. The Labute approximate surface area is 181 Å². The van der Waals surface area contributed by atoms with Crippen molar-refractivity contribution in [3.63, 3.8) is 0 Å². The van der Waals surface area contributed by atoms with Gasteiger partial charge in [-0.3, -0.25) is 9.80 Å². The monoisotopic (exact) mass is 407 g/mol. The second kappa shape index (κ2) is 10.3. The van der Waals surface area contributed by atoms with Crippen LogP contribution >= 0.6 is 0 Å². The van der Waals surface area contributed by atoms with E-state index in [1.807, 2.05) is 6.07 Å². The fraction of sp³-hybridized carbons (Fsp3) is 0.560. The van der Waals surface area contributed by atoms with Gasteiger partial charge >= 0.3 is 0 Å². The molecule has 1 aromatic carbocycles. The number of hydrogen-bond acceptors (Lipinski definition) is 5. The van der Waals surface area contributed by atoms with Gasteiger partial charge in [0.1, 0.15) is 5.82 Å². The van der Waals surface area contributed by atoms with Crippen molar-refractivity contribution in [2.75, 3.05) is 43.8 Å². The standard InChI is InChI=1S/C25H37N5/c1-2-3-11-27-22-17-23(28-25(26)18-22)16-20-7-9-21(10-8-20)19-29-12-14-30(15-13-29)24-5-4-6-24/h7-10,17-18,24H,2-6,11-16,19H2,1H3,(H3,26,27,28). The van der Waals surface area contributed by atoms with Gasteiger partial charge in [-0.1, -0.05) is 44.0 Å². The molecule has 30 heavy (non-hydrogen) atoms. The quantitative estimate of drug-likeness (QED) is 0.612. The third-order valence-electron chi connectivity index (χ3n) is 6.57. The van der Waals surface area contributed by atoms with Crippen LogP contribution in [-0.2, 0) is 13.0 Å². The highest BCUT2D eigenvalue weighted by Crippen LogP contribution is 2.26. The predicted molar refractivity (Wildman–Crippen MR) is 126 cm³/mol. The number of benzene rings is 1. The molecule has 0 unspecified atom stereocenters. The van der Waals surface area contributed by atoms with Gasteiger partial charge in [-0.15, -0.1) is 0 Å². The fourth-order valence-corrected chi connectivity index (χ4v) is 4.48. The molecule has 3 N–H and O–H groups in total. The lowest BCUT2D eigenvalue weighted by molar-refractivity contribution is 0.0587. The van der Waals surface area contributed by atoms with E-state index >= 15 is 0 Å². The van der Waals surface area contributed by atoms with Crippen LogP contribution in [0.25, 0.3) is 0 Å². The first-order valence-electron chi connectivity index (χ1n) is 11.7. The van der Waals surface area contributed by atoms with Gasteiger partial charge in [-0.2, -0.15) is 0 Å². The molecule has 2 fully saturated rings. The highest BCUT2D eigenvalue weighted by molar-refractivity contribution is 5.52. The normalized spacial score (nSPS) is 18.3. The minimum Gasteiger partial charge on any atom is -0.385 e. The van der Waals surface area contributed by atoms with E-state index in [-0.39, 0.29) is 0 Å². The van der Waals surface area contributed by atoms with Gasteiger partial charge < -0.3 is 11.1 Å². The fourth-order valence-electron chi connectivity index (χ4n) is 4.48. The van der Waals surface area contributed by atoms with E-state index in [0.717, 1.165) is 43.4 Å². The second-order valence-electron chi connectivity index (χ2n) is 8.94. The molecule has 4 rings (SSSR count). The minimum absolute atomic E-state index is 0.587. The molecule has 1 aliphatic carbocycles. The SMILES string of the molecule is CCCCNc1cc(N)nc(Cc2ccc(CN3CCN(C4CCC4)CC3)cc2)c1. The third-order valence-corrected chi connectivity index (χ3v) is 6.57. The first-order chi connectivity index (χ1) is 14.7. The molecule has 5 nitrogen and oxygen atoms in total. The van der Waals surface area contributed by atoms with Gasteiger partial charge in [0, 0.05) is 69.2 Å². The summed E-state index contributed by atoms with van der Waals surface area (Å²) >= 11 is 0. The summed E-state index contributed by atoms with van der Waals surface area (Å²) in [5.41, 5.74) is 10.8. The van der Waals surface area contributed by atoms with Crippen molar-refractivity contribution in [1.82, 2.24) is 14.8 Å². The number of hydrogen-bond donors (Lipinski definition) is 2. The Hall–Kier alpha value is -2.11. The van der Waals surface area contributed by atoms with Crippen LogP contribution in [0.15, 0.2) is 36.4 Å². The van der Waals surface area contributed by atoms with Crippen LogP contribution in [-0.4, -0.2) is 53.5 Å². The van der Waals surface area contributed by atoms with Gasteiger partial charge in [0.05, 0.1) is 0 Å². The maximum Gasteiger partial charge on any atom is 0.125 e. The zero-order valence-electron chi connectivity index (χ0n) is 18.4. The van der Waals surface area contributed by atoms with E-state index in [1.54, 1.807) is 0 Å². The van der Waals surface area contributed by atoms with E-state index in [0.29, 0.717) is 5.82 Å². The summed E-state index contributed by atoms with van der Waals surface area (Å²) in [7, 11) is 0. The minimum atomic E-state index is 0.587. The number of nitrogens with two attached hydrogens (primary N) is 1. The number of piperazine rings is 1. The van der Waals surface area contributed by atoms with Crippen LogP contribution in [0.2, 0.25) is 0 Å². The average molecular weight is 408 g/mol. The van der Waals surface area contributed by atoms with Gasteiger partial charge in [0.25, 0.3) is 0 Å². The summed E-state index contributed by atoms with van der Waals surface area (Å²) in [6.45, 7) is 9.09. The Morgan fingerprint density at radius 2 is 1.77 bits per heavy atom. The molecule has 2 aliphatic rings. The summed E-state index contributed by atoms with van der Waals surface area (Å²) in [6.07, 6.45) is 7.42. The lowest BCUT2D eigenvalue weighted by Gasteiger charge is -2.43. The topological polar surface area (TPSA) is 57.4 Å². The smallest absolute Gasteiger partial charge is 0.125 e. The Bertz CT molecular complexity index is 792. The van der Waals surface area contributed by atoms with Crippen LogP contribution in [0, 0.1) is 0 Å². The average Bonchev–Trinajstić information content (AvgIpc) is 2.69. The number of nitrogen functional groups attached to an aromatic ring is 1. The lowest BCUT2D eigenvalue weighted by atomic mass is 9.91. The van der Waals surface area contributed by atoms with Crippen LogP contribution in [0.1, 0.15) is 55.8 Å². The van der Waals surface area contributed by atoms with Gasteiger partial charge in [-0.05, 0) is 36.5 Å². The Kier molecular flexibility index (Phi) is 7.24. The maximum atomic E-state index is 6.03. The van der Waals surface area contributed by atoms with Crippen LogP contribution in [0.3, 0.4) is 0 Å². The Balaban J connectivity index is 1.28. The molecule has 0 radical (unpaired) electrons. The molecule has 0 atom stereocenters. The van der Waals surface area contributed by atoms with Crippen molar-refractivity contribution in [1.29, 1.82) is 0 Å². The number of unbranched alkanes of at least 4 members (excludes halogenated alkanes) is 1. The molecule has 1 saturated heterocycles. The molecular formula is C25H37N5. The van der Waals surface area contributed by atoms with E-state index in [2.05, 4.69) is 57.4 Å². The summed E-state index contributed by atoms with van der Waals surface area (Å²) in [6, 6.07) is 14.0. The molecule has 2 aromatic rings. The number of nitrogens with one attached hydrogen (secondary N) is 1. The molecule has 0 amide bonds. The van der Waals surface area contributed by atoms with Crippen molar-refractivity contribution < 1.29 is 0 Å². The van der Waals surface area contributed by atoms with Crippen molar-refractivity contribution >= 4 is 11.5 Å². The first kappa shape index (κ1) is 21.1. The van der Waals surface area contributed by atoms with Crippen molar-refractivity contribution in [3.05, 3.63) is 53.2 Å². The Morgan fingerprint density at radius 3 is 2.43 bits per heavy atom. The largest absolute Gasteiger partial charge is 0.385 e. The number of anilines is 2. The highest BCUT2D eigenvalue weighted by Gasteiger charge is 2.27. The number of nitrogens with zero attached hydrogens (tertiary/aromatic N) is 3. The molecule has 162 valence electrons. The summed E-state index contributed by atoms with van der Waals surface area (Å²) in [4.78, 5) is 9.83. The zero-order chi connectivity index (χ0) is 20.8. The highest BCUT2D eigenvalue weighted by atomic mass is 15.3. The molecule has 5 heteroatoms. The predicted octanol–water partition coefficient (Wildman–Crippen LogP) is 4.14. The van der Waals surface area contributed by atoms with E-state index in [9.17, 15) is 0 Å². The summed E-state index contributed by atoms with van der Waals surface area (Å²) in [5, 5.41) is 3.46. The summed E-state index contributed by atoms with van der Waals surface area (Å²) < 4.78 is 0. The van der Waals surface area contributed by atoms with Gasteiger partial charge in [0.15, 0.2) is 0 Å². The van der Waals surface area contributed by atoms with Gasteiger partial charge in [-0.25, -0.2) is 4.98 Å². The number of rotatable bonds is 9. The zero-order valence-corrected chi connectivity index (χ0v) is 18.4. The molecular weight excluding hydrogens is 370 g/mol. The lowest BCUT2D eigenvalue weighted by Crippen LogP contribution is -2.51. The third kappa shape index (κ3) is 5.73. The van der Waals surface area contributed by atoms with Crippen LogP contribution < -0.4 is 11.1 Å². The molecule has 0 bridgehead atoms. The Morgan fingerprint density at radius 1 is 1.03 bits per heavy atom. The number of aromatic nitrogens is 1. The summed E-state index contributed by atoms with van der Waals surface area (Å²) in [5.74, 6) is 0.587. The molecule has 2 heterocycles. The molecule has 1 aromatic heterocycles. The van der Waals surface area contributed by atoms with E-state index < -0.39 is 0 Å². The molecule has 1 saturated carbocycles. The van der Waals surface area contributed by atoms with E-state index in [4.69, 9.17) is 5.73 Å². The van der Waals surface area contributed by atoms with Crippen molar-refractivity contribution in [2.45, 2.75) is 58.0 Å². The van der Waals surface area contributed by atoms with Crippen LogP contribution in [0.5, 0.6) is 0 Å². The molecule has 1 aliphatic heterocycles.